The van der Waals surface area contributed by atoms with Crippen molar-refractivity contribution in [2.75, 3.05) is 19.6 Å². The van der Waals surface area contributed by atoms with E-state index in [1.54, 1.807) is 0 Å². The van der Waals surface area contributed by atoms with Crippen molar-refractivity contribution in [2.24, 2.45) is 0 Å². The van der Waals surface area contributed by atoms with Crippen LogP contribution in [0.4, 0.5) is 68.5 Å². The van der Waals surface area contributed by atoms with Crippen molar-refractivity contribution in [3.63, 3.8) is 0 Å². The number of pyridine rings is 1. The number of ether oxygens (including phenoxy) is 2. The van der Waals surface area contributed by atoms with Crippen molar-refractivity contribution in [3.05, 3.63) is 260 Å². The predicted octanol–water partition coefficient (Wildman–Crippen LogP) is 14.1. The van der Waals surface area contributed by atoms with E-state index in [1.807, 2.05) is 0 Å². The third kappa shape index (κ3) is 7.33. The first-order chi connectivity index (χ1) is 38.3. The molecule has 0 fully saturated rings. The first-order valence-corrected chi connectivity index (χ1v) is 26.8. The number of benzene rings is 10. The van der Waals surface area contributed by atoms with Crippen LogP contribution in [0, 0.1) is 0 Å². The first-order valence-electron chi connectivity index (χ1n) is 26.8. The van der Waals surface area contributed by atoms with Crippen LogP contribution in [0.2, 0.25) is 0 Å². The quantitative estimate of drug-likeness (QED) is 0.141. The van der Waals surface area contributed by atoms with Gasteiger partial charge in [-0.1, -0.05) is 160 Å². The van der Waals surface area contributed by atoms with Crippen molar-refractivity contribution in [3.8, 4) is 23.0 Å². The monoisotopic (exact) mass is 1000 g/mol. The number of anilines is 12. The Hall–Kier alpha value is -9.72. The van der Waals surface area contributed by atoms with E-state index in [2.05, 4.69) is 295 Å². The Balaban J connectivity index is 1.01. The average molecular weight is 1000 g/mol. The molecule has 7 nitrogen and oxygen atoms in total. The van der Waals surface area contributed by atoms with Gasteiger partial charge in [0.25, 0.3) is 13.4 Å². The minimum atomic E-state index is -0.231. The standard InChI is InChI=1S/C69H51B2N5O2/c1-69(2,3)46-40-59-65-63(41-46)78-62-43-53(73(47-24-10-4-11-25-47)48-26-12-5-13-27-48)38-39-56(62)71(65)58-45-57-68(72-67(58)75(59)51-32-18-8-19-33-51)76(52-34-20-9-21-35-52)60-42-54(44-64-66(60)70(57)55-36-22-23-37-61(55)77-64)74(49-28-14-6-15-29-49)50-30-16-7-17-31-50/h4-45H,1-3H3. The molecule has 5 heterocycles. The number of hydrogen-bond donors (Lipinski definition) is 0. The Labute approximate surface area is 456 Å². The first kappa shape index (κ1) is 45.7. The number of hydrogen-bond acceptors (Lipinski definition) is 7. The van der Waals surface area contributed by atoms with Crippen LogP contribution < -0.4 is 61.9 Å². The maximum absolute atomic E-state index is 7.36. The normalized spacial score (nSPS) is 13.2. The van der Waals surface area contributed by atoms with Crippen LogP contribution in [0.1, 0.15) is 26.3 Å². The van der Waals surface area contributed by atoms with Crippen LogP contribution in [0.3, 0.4) is 0 Å². The lowest BCUT2D eigenvalue weighted by Gasteiger charge is -2.44. The zero-order chi connectivity index (χ0) is 52.1. The second-order valence-electron chi connectivity index (χ2n) is 21.5. The Bertz CT molecular complexity index is 4030. The van der Waals surface area contributed by atoms with Gasteiger partial charge in [0.1, 0.15) is 34.6 Å². The van der Waals surface area contributed by atoms with Gasteiger partial charge in [0.05, 0.1) is 5.69 Å². The summed E-state index contributed by atoms with van der Waals surface area (Å²) in [6.07, 6.45) is 0. The highest BCUT2D eigenvalue weighted by Gasteiger charge is 2.48. The van der Waals surface area contributed by atoms with E-state index in [0.29, 0.717) is 0 Å². The SMILES string of the molecule is CC(C)(C)c1cc2c3c(c1)N(c1ccccc1)c1nc4c(cc1B3c1ccc(N(c3ccccc3)c3ccccc3)cc1O2)B1c2ccccc2Oc2cc(N(c3ccccc3)c3ccccc3)cc(c21)N4c1ccccc1. The van der Waals surface area contributed by atoms with E-state index >= 15 is 0 Å². The van der Waals surface area contributed by atoms with E-state index in [9.17, 15) is 0 Å². The van der Waals surface area contributed by atoms with Crippen LogP contribution in [0.5, 0.6) is 23.0 Å². The Kier molecular flexibility index (Phi) is 10.5. The summed E-state index contributed by atoms with van der Waals surface area (Å²) >= 11 is 0. The summed E-state index contributed by atoms with van der Waals surface area (Å²) < 4.78 is 14.5. The molecule has 0 radical (unpaired) electrons. The van der Waals surface area contributed by atoms with Crippen LogP contribution in [-0.4, -0.2) is 18.4 Å². The molecule has 0 spiro atoms. The molecule has 78 heavy (non-hydrogen) atoms. The molecule has 370 valence electrons. The molecule has 9 heteroatoms. The van der Waals surface area contributed by atoms with E-state index in [-0.39, 0.29) is 18.8 Å². The third-order valence-corrected chi connectivity index (χ3v) is 15.8. The molecule has 10 aromatic carbocycles. The highest BCUT2D eigenvalue weighted by molar-refractivity contribution is 7.02. The number of nitrogens with zero attached hydrogens (tertiary/aromatic N) is 5. The van der Waals surface area contributed by atoms with Crippen LogP contribution in [0.15, 0.2) is 255 Å². The fraction of sp³-hybridized carbons (Fsp3) is 0.0580. The molecule has 0 aliphatic carbocycles. The number of fused-ring (bicyclic) bond motifs is 8. The fourth-order valence-electron chi connectivity index (χ4n) is 12.3. The van der Waals surface area contributed by atoms with Crippen LogP contribution >= 0.6 is 0 Å². The van der Waals surface area contributed by atoms with Gasteiger partial charge in [-0.2, -0.15) is 0 Å². The topological polar surface area (TPSA) is 44.3 Å². The lowest BCUT2D eigenvalue weighted by atomic mass is 9.31. The molecule has 0 atom stereocenters. The van der Waals surface area contributed by atoms with Gasteiger partial charge in [0.2, 0.25) is 0 Å². The summed E-state index contributed by atoms with van der Waals surface area (Å²) in [4.78, 5) is 15.6. The smallest absolute Gasteiger partial charge is 0.258 e. The minimum absolute atomic E-state index is 0.205. The van der Waals surface area contributed by atoms with Crippen molar-refractivity contribution in [1.82, 2.24) is 4.98 Å². The number of rotatable bonds is 8. The second kappa shape index (κ2) is 18.0. The summed E-state index contributed by atoms with van der Waals surface area (Å²) in [7, 11) is 0. The van der Waals surface area contributed by atoms with E-state index in [4.69, 9.17) is 14.5 Å². The average Bonchev–Trinajstić information content (AvgIpc) is 3.64. The predicted molar refractivity (Wildman–Crippen MR) is 324 cm³/mol. The largest absolute Gasteiger partial charge is 0.458 e. The molecule has 0 saturated carbocycles. The van der Waals surface area contributed by atoms with E-state index < -0.39 is 0 Å². The van der Waals surface area contributed by atoms with Gasteiger partial charge in [-0.3, -0.25) is 9.80 Å². The molecule has 0 N–H and O–H groups in total. The maximum Gasteiger partial charge on any atom is 0.258 e. The summed E-state index contributed by atoms with van der Waals surface area (Å²) in [5, 5.41) is 0. The molecule has 0 bridgehead atoms. The molecule has 4 aliphatic rings. The molecule has 11 aromatic rings. The van der Waals surface area contributed by atoms with Gasteiger partial charge in [-0.05, 0) is 147 Å². The molecule has 4 aliphatic heterocycles. The minimum Gasteiger partial charge on any atom is -0.458 e. The third-order valence-electron chi connectivity index (χ3n) is 15.8. The van der Waals surface area contributed by atoms with Crippen LogP contribution in [0.25, 0.3) is 0 Å². The fourth-order valence-corrected chi connectivity index (χ4v) is 12.3. The van der Waals surface area contributed by atoms with Crippen molar-refractivity contribution < 1.29 is 9.47 Å². The van der Waals surface area contributed by atoms with E-state index in [0.717, 1.165) is 124 Å². The lowest BCUT2D eigenvalue weighted by molar-refractivity contribution is 0.483. The van der Waals surface area contributed by atoms with Gasteiger partial charge in [0, 0.05) is 63.3 Å². The Morgan fingerprint density at radius 3 is 1.27 bits per heavy atom. The molecule has 0 saturated heterocycles. The van der Waals surface area contributed by atoms with Gasteiger partial charge in [0.15, 0.2) is 0 Å². The summed E-state index contributed by atoms with van der Waals surface area (Å²) in [5.74, 6) is 5.05. The van der Waals surface area contributed by atoms with Crippen molar-refractivity contribution in [1.29, 1.82) is 0 Å². The summed E-state index contributed by atoms with van der Waals surface area (Å²) in [6, 6.07) is 90.8. The second-order valence-corrected chi connectivity index (χ2v) is 21.5. The zero-order valence-electron chi connectivity index (χ0n) is 43.5. The van der Waals surface area contributed by atoms with Crippen molar-refractivity contribution in [2.45, 2.75) is 26.2 Å². The Morgan fingerprint density at radius 2 is 0.756 bits per heavy atom. The zero-order valence-corrected chi connectivity index (χ0v) is 43.5. The summed E-state index contributed by atoms with van der Waals surface area (Å²) in [5.41, 5.74) is 17.9. The lowest BCUT2D eigenvalue weighted by Crippen LogP contribution is -2.64. The van der Waals surface area contributed by atoms with Gasteiger partial charge < -0.3 is 19.3 Å². The molecule has 15 rings (SSSR count). The van der Waals surface area contributed by atoms with Gasteiger partial charge in [-0.25, -0.2) is 4.98 Å². The van der Waals surface area contributed by atoms with Crippen LogP contribution in [-0.2, 0) is 5.41 Å². The highest BCUT2D eigenvalue weighted by atomic mass is 16.5. The number of aromatic nitrogens is 1. The van der Waals surface area contributed by atoms with E-state index in [1.165, 1.54) is 5.56 Å². The summed E-state index contributed by atoms with van der Waals surface area (Å²) in [6.45, 7) is 6.40. The van der Waals surface area contributed by atoms with Gasteiger partial charge >= 0.3 is 0 Å². The number of para-hydroxylation sites is 7. The maximum atomic E-state index is 7.36. The van der Waals surface area contributed by atoms with Gasteiger partial charge in [-0.15, -0.1) is 0 Å². The molecule has 1 aromatic heterocycles. The highest BCUT2D eigenvalue weighted by Crippen LogP contribution is 2.49. The molecular formula is C69H51B2N5O2. The van der Waals surface area contributed by atoms with Crippen molar-refractivity contribution >= 4 is 115 Å². The molecular weight excluding hydrogens is 952 g/mol. The molecule has 0 unspecified atom stereocenters. The molecule has 0 amide bonds. The Morgan fingerprint density at radius 1 is 0.346 bits per heavy atom.